The average Bonchev–Trinajstić information content (AvgIpc) is 2.66. The standard InChI is InChI=1S/C12H17NO4/c1-7(2)9-5-13(12(15)16-3)10-6-17-11(14)4-8(9)10/h8-10H,1,4-6H2,2-3H3/t8-,9+,10-/m0/s1. The second kappa shape index (κ2) is 4.39. The van der Waals surface area contributed by atoms with Crippen LogP contribution in [0, 0.1) is 11.8 Å². The molecule has 2 saturated heterocycles. The van der Waals surface area contributed by atoms with Gasteiger partial charge in [-0.15, -0.1) is 0 Å². The van der Waals surface area contributed by atoms with Crippen molar-refractivity contribution in [3.63, 3.8) is 0 Å². The van der Waals surface area contributed by atoms with Crippen LogP contribution in [0.3, 0.4) is 0 Å². The van der Waals surface area contributed by atoms with Crippen molar-refractivity contribution in [3.8, 4) is 0 Å². The Morgan fingerprint density at radius 3 is 2.88 bits per heavy atom. The molecule has 94 valence electrons. The lowest BCUT2D eigenvalue weighted by molar-refractivity contribution is -0.151. The van der Waals surface area contributed by atoms with Crippen LogP contribution in [0.15, 0.2) is 12.2 Å². The molecule has 2 aliphatic rings. The molecular formula is C12H17NO4. The van der Waals surface area contributed by atoms with Gasteiger partial charge < -0.3 is 14.4 Å². The molecule has 5 heteroatoms. The second-order valence-electron chi connectivity index (χ2n) is 4.69. The van der Waals surface area contributed by atoms with E-state index in [-0.39, 0.29) is 36.5 Å². The lowest BCUT2D eigenvalue weighted by atomic mass is 9.83. The molecule has 0 N–H and O–H groups in total. The van der Waals surface area contributed by atoms with Crippen LogP contribution in [-0.2, 0) is 14.3 Å². The number of rotatable bonds is 1. The molecule has 0 aromatic heterocycles. The summed E-state index contributed by atoms with van der Waals surface area (Å²) in [5, 5.41) is 0. The molecule has 3 atom stereocenters. The number of ether oxygens (including phenoxy) is 2. The third-order valence-corrected chi connectivity index (χ3v) is 3.66. The lowest BCUT2D eigenvalue weighted by Gasteiger charge is -2.30. The van der Waals surface area contributed by atoms with E-state index in [2.05, 4.69) is 6.58 Å². The number of hydrogen-bond donors (Lipinski definition) is 0. The summed E-state index contributed by atoms with van der Waals surface area (Å²) >= 11 is 0. The smallest absolute Gasteiger partial charge is 0.409 e. The van der Waals surface area contributed by atoms with E-state index >= 15 is 0 Å². The number of esters is 1. The van der Waals surface area contributed by atoms with Gasteiger partial charge in [-0.3, -0.25) is 4.79 Å². The molecule has 0 aromatic rings. The number of fused-ring (bicyclic) bond motifs is 1. The van der Waals surface area contributed by atoms with Crippen LogP contribution in [0.4, 0.5) is 4.79 Å². The summed E-state index contributed by atoms with van der Waals surface area (Å²) in [7, 11) is 1.36. The Hall–Kier alpha value is -1.52. The molecular weight excluding hydrogens is 222 g/mol. The maximum absolute atomic E-state index is 11.7. The molecule has 2 aliphatic heterocycles. The topological polar surface area (TPSA) is 55.8 Å². The van der Waals surface area contributed by atoms with Crippen LogP contribution in [0.5, 0.6) is 0 Å². The molecule has 2 rings (SSSR count). The van der Waals surface area contributed by atoms with Crippen molar-refractivity contribution < 1.29 is 19.1 Å². The van der Waals surface area contributed by atoms with Gasteiger partial charge in [0.2, 0.25) is 0 Å². The van der Waals surface area contributed by atoms with Gasteiger partial charge in [-0.05, 0) is 6.92 Å². The van der Waals surface area contributed by atoms with Gasteiger partial charge in [-0.2, -0.15) is 0 Å². The van der Waals surface area contributed by atoms with Crippen molar-refractivity contribution >= 4 is 12.1 Å². The molecule has 2 heterocycles. The van der Waals surface area contributed by atoms with E-state index in [1.807, 2.05) is 6.92 Å². The van der Waals surface area contributed by atoms with Crippen molar-refractivity contribution in [1.29, 1.82) is 0 Å². The van der Waals surface area contributed by atoms with Crippen LogP contribution < -0.4 is 0 Å². The Morgan fingerprint density at radius 1 is 1.59 bits per heavy atom. The number of carbonyl (C=O) groups is 2. The average molecular weight is 239 g/mol. The number of hydrogen-bond acceptors (Lipinski definition) is 4. The highest BCUT2D eigenvalue weighted by Crippen LogP contribution is 2.39. The number of likely N-dealkylation sites (tertiary alicyclic amines) is 1. The molecule has 0 unspecified atom stereocenters. The quantitative estimate of drug-likeness (QED) is 0.509. The van der Waals surface area contributed by atoms with Gasteiger partial charge in [0, 0.05) is 18.4 Å². The first-order valence-electron chi connectivity index (χ1n) is 5.70. The number of nitrogens with zero attached hydrogens (tertiary/aromatic N) is 1. The third kappa shape index (κ3) is 2.01. The summed E-state index contributed by atoms with van der Waals surface area (Å²) < 4.78 is 9.78. The number of methoxy groups -OCH3 is 1. The predicted molar refractivity (Wildman–Crippen MR) is 60.3 cm³/mol. The minimum Gasteiger partial charge on any atom is -0.463 e. The summed E-state index contributed by atoms with van der Waals surface area (Å²) in [6.45, 7) is 6.70. The zero-order valence-corrected chi connectivity index (χ0v) is 10.1. The highest BCUT2D eigenvalue weighted by Gasteiger charge is 2.48. The molecule has 0 spiro atoms. The number of cyclic esters (lactones) is 1. The Kier molecular flexibility index (Phi) is 3.09. The molecule has 2 fully saturated rings. The Labute approximate surface area is 100 Å². The molecule has 1 amide bonds. The van der Waals surface area contributed by atoms with Gasteiger partial charge >= 0.3 is 12.1 Å². The molecule has 17 heavy (non-hydrogen) atoms. The van der Waals surface area contributed by atoms with Crippen LogP contribution in [0.1, 0.15) is 13.3 Å². The SMILES string of the molecule is C=C(C)[C@H]1CN(C(=O)OC)[C@H]2COC(=O)C[C@@H]12. The summed E-state index contributed by atoms with van der Waals surface area (Å²) in [4.78, 5) is 24.6. The fourth-order valence-electron chi connectivity index (χ4n) is 2.75. The van der Waals surface area contributed by atoms with E-state index in [0.29, 0.717) is 13.0 Å². The van der Waals surface area contributed by atoms with E-state index in [4.69, 9.17) is 9.47 Å². The zero-order chi connectivity index (χ0) is 12.6. The van der Waals surface area contributed by atoms with Crippen LogP contribution in [0.2, 0.25) is 0 Å². The van der Waals surface area contributed by atoms with Crippen molar-refractivity contribution in [1.82, 2.24) is 4.90 Å². The highest BCUT2D eigenvalue weighted by atomic mass is 16.5. The van der Waals surface area contributed by atoms with Gasteiger partial charge in [0.15, 0.2) is 0 Å². The van der Waals surface area contributed by atoms with E-state index in [9.17, 15) is 9.59 Å². The third-order valence-electron chi connectivity index (χ3n) is 3.66. The first-order chi connectivity index (χ1) is 8.04. The van der Waals surface area contributed by atoms with Gasteiger partial charge in [-0.1, -0.05) is 12.2 Å². The largest absolute Gasteiger partial charge is 0.463 e. The fraction of sp³-hybridized carbons (Fsp3) is 0.667. The van der Waals surface area contributed by atoms with Gasteiger partial charge in [-0.25, -0.2) is 4.79 Å². The molecule has 0 saturated carbocycles. The normalized spacial score (nSPS) is 31.8. The molecule has 0 aliphatic carbocycles. The summed E-state index contributed by atoms with van der Waals surface area (Å²) in [5.74, 6) is 0.0871. The fourth-order valence-corrected chi connectivity index (χ4v) is 2.75. The van der Waals surface area contributed by atoms with Crippen molar-refractivity contribution in [2.45, 2.75) is 19.4 Å². The first kappa shape index (κ1) is 12.0. The lowest BCUT2D eigenvalue weighted by Crippen LogP contribution is -2.44. The molecule has 0 aromatic carbocycles. The highest BCUT2D eigenvalue weighted by molar-refractivity contribution is 5.73. The predicted octanol–water partition coefficient (Wildman–Crippen LogP) is 1.19. The Balaban J connectivity index is 2.22. The minimum atomic E-state index is -0.360. The molecule has 0 bridgehead atoms. The van der Waals surface area contributed by atoms with E-state index < -0.39 is 0 Å². The van der Waals surface area contributed by atoms with Gasteiger partial charge in [0.05, 0.1) is 19.6 Å². The summed E-state index contributed by atoms with van der Waals surface area (Å²) in [5.41, 5.74) is 1.00. The van der Waals surface area contributed by atoms with E-state index in [1.165, 1.54) is 7.11 Å². The Bertz CT molecular complexity index is 366. The van der Waals surface area contributed by atoms with E-state index in [1.54, 1.807) is 4.90 Å². The van der Waals surface area contributed by atoms with E-state index in [0.717, 1.165) is 5.57 Å². The number of carbonyl (C=O) groups excluding carboxylic acids is 2. The Morgan fingerprint density at radius 2 is 2.29 bits per heavy atom. The van der Waals surface area contributed by atoms with Crippen LogP contribution in [-0.4, -0.2) is 43.3 Å². The summed E-state index contributed by atoms with van der Waals surface area (Å²) in [6, 6.07) is -0.0677. The summed E-state index contributed by atoms with van der Waals surface area (Å²) in [6.07, 6.45) is -0.00271. The zero-order valence-electron chi connectivity index (χ0n) is 10.1. The second-order valence-corrected chi connectivity index (χ2v) is 4.69. The van der Waals surface area contributed by atoms with Crippen molar-refractivity contribution in [2.75, 3.05) is 20.3 Å². The van der Waals surface area contributed by atoms with Crippen molar-refractivity contribution in [2.24, 2.45) is 11.8 Å². The number of amides is 1. The molecule has 0 radical (unpaired) electrons. The molecule has 5 nitrogen and oxygen atoms in total. The van der Waals surface area contributed by atoms with Gasteiger partial charge in [0.25, 0.3) is 0 Å². The van der Waals surface area contributed by atoms with Crippen LogP contribution in [0.25, 0.3) is 0 Å². The maximum Gasteiger partial charge on any atom is 0.409 e. The van der Waals surface area contributed by atoms with Gasteiger partial charge in [0.1, 0.15) is 6.61 Å². The van der Waals surface area contributed by atoms with Crippen LogP contribution >= 0.6 is 0 Å². The minimum absolute atomic E-state index is 0.0677. The maximum atomic E-state index is 11.7. The monoisotopic (exact) mass is 239 g/mol. The van der Waals surface area contributed by atoms with Crippen molar-refractivity contribution in [3.05, 3.63) is 12.2 Å². The first-order valence-corrected chi connectivity index (χ1v) is 5.70.